The van der Waals surface area contributed by atoms with Crippen LogP contribution < -0.4 is 4.74 Å². The van der Waals surface area contributed by atoms with Gasteiger partial charge in [0.15, 0.2) is 6.10 Å². The molecule has 0 aliphatic carbocycles. The number of carbonyl (C=O) groups excluding carboxylic acids is 2. The van der Waals surface area contributed by atoms with Crippen molar-refractivity contribution in [1.29, 1.82) is 0 Å². The summed E-state index contributed by atoms with van der Waals surface area (Å²) in [6, 6.07) is 7.56. The molecule has 0 bridgehead atoms. The lowest BCUT2D eigenvalue weighted by molar-refractivity contribution is -0.145. The summed E-state index contributed by atoms with van der Waals surface area (Å²) < 4.78 is 5.91. The summed E-state index contributed by atoms with van der Waals surface area (Å²) in [5.41, 5.74) is 1.05. The van der Waals surface area contributed by atoms with E-state index in [2.05, 4.69) is 0 Å². The highest BCUT2D eigenvalue weighted by Crippen LogP contribution is 2.38. The van der Waals surface area contributed by atoms with Crippen LogP contribution in [0.4, 0.5) is 0 Å². The Morgan fingerprint density at radius 3 is 2.63 bits per heavy atom. The number of para-hydroxylation sites is 1. The predicted molar refractivity (Wildman–Crippen MR) is 98.5 cm³/mol. The zero-order valence-corrected chi connectivity index (χ0v) is 15.8. The maximum atomic E-state index is 13.0. The number of ether oxygens (including phenoxy) is 1. The summed E-state index contributed by atoms with van der Waals surface area (Å²) in [6.07, 6.45) is 1.47. The molecule has 2 aliphatic rings. The molecule has 3 rings (SSSR count). The number of amides is 2. The quantitative estimate of drug-likeness (QED) is 0.869. The number of nitrogens with zero attached hydrogens (tertiary/aromatic N) is 2. The summed E-state index contributed by atoms with van der Waals surface area (Å²) in [4.78, 5) is 39.2. The summed E-state index contributed by atoms with van der Waals surface area (Å²) in [6.45, 7) is 4.18. The molecule has 1 aromatic carbocycles. The van der Waals surface area contributed by atoms with Crippen LogP contribution in [0.15, 0.2) is 24.3 Å². The number of hydrogen-bond acceptors (Lipinski definition) is 4. The first kappa shape index (κ1) is 19.2. The number of fused-ring (bicyclic) bond motifs is 1. The van der Waals surface area contributed by atoms with Crippen LogP contribution in [0, 0.1) is 0 Å². The van der Waals surface area contributed by atoms with Crippen molar-refractivity contribution in [3.8, 4) is 5.75 Å². The van der Waals surface area contributed by atoms with Gasteiger partial charge in [0.2, 0.25) is 5.91 Å². The molecule has 2 heterocycles. The smallest absolute Gasteiger partial charge is 0.323 e. The lowest BCUT2D eigenvalue weighted by Gasteiger charge is -2.29. The summed E-state index contributed by atoms with van der Waals surface area (Å²) in [7, 11) is 0. The molecule has 0 spiro atoms. The van der Waals surface area contributed by atoms with Crippen molar-refractivity contribution in [3.63, 3.8) is 0 Å². The zero-order valence-electron chi connectivity index (χ0n) is 15.8. The van der Waals surface area contributed by atoms with Gasteiger partial charge in [-0.05, 0) is 25.3 Å². The third kappa shape index (κ3) is 4.07. The van der Waals surface area contributed by atoms with Gasteiger partial charge in [0.1, 0.15) is 12.3 Å². The van der Waals surface area contributed by atoms with Crippen molar-refractivity contribution in [3.05, 3.63) is 29.8 Å². The Hall–Kier alpha value is -2.57. The second kappa shape index (κ2) is 7.98. The Bertz CT molecular complexity index is 735. The van der Waals surface area contributed by atoms with E-state index >= 15 is 0 Å². The van der Waals surface area contributed by atoms with Gasteiger partial charge in [-0.2, -0.15) is 0 Å². The summed E-state index contributed by atoms with van der Waals surface area (Å²) >= 11 is 0. The fourth-order valence-electron chi connectivity index (χ4n) is 4.06. The van der Waals surface area contributed by atoms with E-state index in [1.165, 1.54) is 11.8 Å². The predicted octanol–water partition coefficient (Wildman–Crippen LogP) is 1.87. The molecule has 2 amide bonds. The van der Waals surface area contributed by atoms with Crippen LogP contribution >= 0.6 is 0 Å². The van der Waals surface area contributed by atoms with E-state index in [0.717, 1.165) is 17.7 Å². The molecular formula is C20H26N2O5. The molecule has 1 fully saturated rings. The Balaban J connectivity index is 1.65. The molecule has 7 nitrogen and oxygen atoms in total. The van der Waals surface area contributed by atoms with Crippen molar-refractivity contribution < 1.29 is 24.2 Å². The van der Waals surface area contributed by atoms with E-state index in [1.54, 1.807) is 4.90 Å². The van der Waals surface area contributed by atoms with Gasteiger partial charge in [-0.1, -0.05) is 25.1 Å². The highest BCUT2D eigenvalue weighted by molar-refractivity contribution is 5.84. The lowest BCUT2D eigenvalue weighted by atomic mass is 9.97. The number of rotatable bonds is 4. The summed E-state index contributed by atoms with van der Waals surface area (Å²) in [5, 5.41) is 9.06. The third-order valence-corrected chi connectivity index (χ3v) is 5.52. The van der Waals surface area contributed by atoms with Crippen molar-refractivity contribution in [1.82, 2.24) is 9.80 Å². The molecule has 0 radical (unpaired) electrons. The number of carboxylic acids is 1. The number of aliphatic carboxylic acids is 1. The minimum absolute atomic E-state index is 0.00604. The summed E-state index contributed by atoms with van der Waals surface area (Å²) in [5.74, 6) is -0.542. The molecule has 0 saturated carbocycles. The van der Waals surface area contributed by atoms with Crippen molar-refractivity contribution in [2.45, 2.75) is 51.2 Å². The largest absolute Gasteiger partial charge is 0.480 e. The van der Waals surface area contributed by atoms with Crippen molar-refractivity contribution >= 4 is 17.8 Å². The molecular weight excluding hydrogens is 348 g/mol. The first-order valence-electron chi connectivity index (χ1n) is 9.42. The average Bonchev–Trinajstić information content (AvgIpc) is 2.81. The number of benzene rings is 1. The molecule has 2 aliphatic heterocycles. The first-order valence-corrected chi connectivity index (χ1v) is 9.42. The molecule has 3 atom stereocenters. The molecule has 1 saturated heterocycles. The maximum absolute atomic E-state index is 13.0. The van der Waals surface area contributed by atoms with E-state index in [1.807, 2.05) is 31.2 Å². The highest BCUT2D eigenvalue weighted by atomic mass is 16.5. The molecule has 7 heteroatoms. The molecule has 146 valence electrons. The number of carbonyl (C=O) groups is 3. The van der Waals surface area contributed by atoms with Gasteiger partial charge in [-0.3, -0.25) is 14.4 Å². The second-order valence-corrected chi connectivity index (χ2v) is 7.32. The number of hydrogen-bond donors (Lipinski definition) is 1. The lowest BCUT2D eigenvalue weighted by Crippen LogP contribution is -2.45. The topological polar surface area (TPSA) is 87.2 Å². The Kier molecular flexibility index (Phi) is 5.68. The number of likely N-dealkylation sites (tertiary alicyclic amines) is 1. The van der Waals surface area contributed by atoms with Crippen LogP contribution in [-0.4, -0.2) is 64.5 Å². The fraction of sp³-hybridized carbons (Fsp3) is 0.550. The first-order chi connectivity index (χ1) is 12.9. The second-order valence-electron chi connectivity index (χ2n) is 7.32. The van der Waals surface area contributed by atoms with Crippen LogP contribution in [0.1, 0.15) is 44.6 Å². The number of carboxylic acid groups (broad SMARTS) is 1. The van der Waals surface area contributed by atoms with E-state index in [4.69, 9.17) is 9.84 Å². The van der Waals surface area contributed by atoms with Crippen LogP contribution in [0.3, 0.4) is 0 Å². The van der Waals surface area contributed by atoms with Crippen molar-refractivity contribution in [2.75, 3.05) is 19.6 Å². The van der Waals surface area contributed by atoms with E-state index in [0.29, 0.717) is 25.9 Å². The third-order valence-electron chi connectivity index (χ3n) is 5.52. The van der Waals surface area contributed by atoms with Crippen molar-refractivity contribution in [2.24, 2.45) is 0 Å². The van der Waals surface area contributed by atoms with Gasteiger partial charge in [-0.15, -0.1) is 0 Å². The van der Waals surface area contributed by atoms with Gasteiger partial charge >= 0.3 is 5.97 Å². The van der Waals surface area contributed by atoms with Gasteiger partial charge < -0.3 is 19.6 Å². The Labute approximate surface area is 158 Å². The Morgan fingerprint density at radius 1 is 1.22 bits per heavy atom. The average molecular weight is 374 g/mol. The molecule has 0 unspecified atom stereocenters. The van der Waals surface area contributed by atoms with Crippen LogP contribution in [0.2, 0.25) is 0 Å². The van der Waals surface area contributed by atoms with Crippen LogP contribution in [-0.2, 0) is 14.4 Å². The fourth-order valence-corrected chi connectivity index (χ4v) is 4.06. The molecule has 0 aromatic heterocycles. The van der Waals surface area contributed by atoms with Gasteiger partial charge in [0, 0.05) is 37.5 Å². The van der Waals surface area contributed by atoms with Crippen LogP contribution in [0.25, 0.3) is 0 Å². The van der Waals surface area contributed by atoms with Gasteiger partial charge in [0.25, 0.3) is 5.91 Å². The molecule has 1 aromatic rings. The standard InChI is InChI=1S/C20H26N2O5/c1-13-16-7-3-4-8-17(16)27-19(13)20(26)21-10-5-6-15(9-11-21)22(14(2)23)12-18(24)25/h3-4,7-8,13,15,19H,5-6,9-12H2,1-2H3,(H,24,25)/t13-,15-,19+/m1/s1. The van der Waals surface area contributed by atoms with Crippen LogP contribution in [0.5, 0.6) is 5.75 Å². The van der Waals surface area contributed by atoms with E-state index in [-0.39, 0.29) is 30.3 Å². The molecule has 1 N–H and O–H groups in total. The Morgan fingerprint density at radius 2 is 1.96 bits per heavy atom. The monoisotopic (exact) mass is 374 g/mol. The maximum Gasteiger partial charge on any atom is 0.323 e. The highest BCUT2D eigenvalue weighted by Gasteiger charge is 2.39. The van der Waals surface area contributed by atoms with Gasteiger partial charge in [-0.25, -0.2) is 0 Å². The molecule has 27 heavy (non-hydrogen) atoms. The van der Waals surface area contributed by atoms with E-state index < -0.39 is 12.1 Å². The normalized spacial score (nSPS) is 24.5. The van der Waals surface area contributed by atoms with E-state index in [9.17, 15) is 14.4 Å². The SMILES string of the molecule is CC(=O)N(CC(=O)O)[C@@H]1CCCN(C(=O)[C@H]2Oc3ccccc3[C@H]2C)CC1. The zero-order chi connectivity index (χ0) is 19.6. The minimum atomic E-state index is -1.02. The van der Waals surface area contributed by atoms with Gasteiger partial charge in [0.05, 0.1) is 0 Å². The minimum Gasteiger partial charge on any atom is -0.480 e.